The van der Waals surface area contributed by atoms with Gasteiger partial charge in [-0.3, -0.25) is 0 Å². The number of rotatable bonds is 7. The van der Waals surface area contributed by atoms with Crippen molar-refractivity contribution in [3.05, 3.63) is 89.5 Å². The number of aliphatic carboxylic acids is 1. The summed E-state index contributed by atoms with van der Waals surface area (Å²) in [5, 5.41) is 22.0. The molecule has 3 aromatic carbocycles. The number of alkyl carbamates (subject to hydrolysis) is 1. The van der Waals surface area contributed by atoms with Crippen molar-refractivity contribution in [3.8, 4) is 16.9 Å². The van der Waals surface area contributed by atoms with Gasteiger partial charge in [0, 0.05) is 11.5 Å². The van der Waals surface area contributed by atoms with Gasteiger partial charge in [0.25, 0.3) is 0 Å². The second-order valence-electron chi connectivity index (χ2n) is 7.47. The van der Waals surface area contributed by atoms with E-state index < -0.39 is 24.2 Å². The van der Waals surface area contributed by atoms with Crippen LogP contribution in [-0.2, 0) is 9.53 Å². The van der Waals surface area contributed by atoms with E-state index in [1.165, 1.54) is 7.11 Å². The molecule has 0 radical (unpaired) electrons. The summed E-state index contributed by atoms with van der Waals surface area (Å²) in [6.07, 6.45) is -2.71. The minimum absolute atomic E-state index is 0.0711. The van der Waals surface area contributed by atoms with Gasteiger partial charge in [0.05, 0.1) is 13.2 Å². The fourth-order valence-corrected chi connectivity index (χ4v) is 4.16. The standard InChI is InChI=1S/C25H23NO6/c1-31-21-13-7-6-12-19(21)22(23(27)24(28)29)26-25(30)32-14-20-17-10-4-2-8-15(17)16-9-3-5-11-18(16)20/h2-13,20,22-23,27H,14H2,1H3,(H,26,30)(H,28,29)/t22-,23-/m0/s1. The van der Waals surface area contributed by atoms with Crippen molar-refractivity contribution in [2.24, 2.45) is 0 Å². The van der Waals surface area contributed by atoms with Crippen LogP contribution in [0, 0.1) is 0 Å². The highest BCUT2D eigenvalue weighted by Crippen LogP contribution is 2.44. The van der Waals surface area contributed by atoms with Gasteiger partial charge in [-0.15, -0.1) is 0 Å². The van der Waals surface area contributed by atoms with Crippen LogP contribution in [0.1, 0.15) is 28.7 Å². The number of ether oxygens (including phenoxy) is 2. The molecule has 0 saturated carbocycles. The minimum atomic E-state index is -1.88. The molecule has 7 nitrogen and oxygen atoms in total. The molecule has 0 aliphatic heterocycles. The fraction of sp³-hybridized carbons (Fsp3) is 0.200. The first-order chi connectivity index (χ1) is 15.5. The number of carbonyl (C=O) groups is 2. The Balaban J connectivity index is 1.53. The SMILES string of the molecule is COc1ccccc1[C@H](NC(=O)OCC1c2ccccc2-c2ccccc21)[C@H](O)C(=O)O. The molecule has 32 heavy (non-hydrogen) atoms. The summed E-state index contributed by atoms with van der Waals surface area (Å²) in [5.41, 5.74) is 4.66. The maximum absolute atomic E-state index is 12.7. The number of benzene rings is 3. The highest BCUT2D eigenvalue weighted by atomic mass is 16.5. The van der Waals surface area contributed by atoms with Gasteiger partial charge in [-0.25, -0.2) is 9.59 Å². The molecule has 7 heteroatoms. The number of aliphatic hydroxyl groups excluding tert-OH is 1. The fourth-order valence-electron chi connectivity index (χ4n) is 4.16. The van der Waals surface area contributed by atoms with Crippen LogP contribution in [0.5, 0.6) is 5.75 Å². The van der Waals surface area contributed by atoms with E-state index in [2.05, 4.69) is 5.32 Å². The lowest BCUT2D eigenvalue weighted by atomic mass is 9.98. The molecule has 3 aromatic rings. The molecule has 0 spiro atoms. The van der Waals surface area contributed by atoms with E-state index in [-0.39, 0.29) is 12.5 Å². The molecule has 2 atom stereocenters. The Bertz CT molecular complexity index is 1100. The molecule has 4 rings (SSSR count). The van der Waals surface area contributed by atoms with Crippen LogP contribution >= 0.6 is 0 Å². The third-order valence-electron chi connectivity index (χ3n) is 5.66. The highest BCUT2D eigenvalue weighted by molar-refractivity contribution is 5.79. The van der Waals surface area contributed by atoms with Gasteiger partial charge in [-0.1, -0.05) is 66.7 Å². The number of para-hydroxylation sites is 1. The van der Waals surface area contributed by atoms with Gasteiger partial charge in [0.1, 0.15) is 12.4 Å². The summed E-state index contributed by atoms with van der Waals surface area (Å²) in [6, 6.07) is 21.2. The lowest BCUT2D eigenvalue weighted by Gasteiger charge is -2.24. The Morgan fingerprint density at radius 1 is 0.938 bits per heavy atom. The van der Waals surface area contributed by atoms with E-state index >= 15 is 0 Å². The van der Waals surface area contributed by atoms with Crippen LogP contribution in [0.25, 0.3) is 11.1 Å². The van der Waals surface area contributed by atoms with Crippen molar-refractivity contribution in [1.29, 1.82) is 0 Å². The Kier molecular flexibility index (Phi) is 6.09. The largest absolute Gasteiger partial charge is 0.496 e. The van der Waals surface area contributed by atoms with Gasteiger partial charge in [-0.2, -0.15) is 0 Å². The predicted octanol–water partition coefficient (Wildman–Crippen LogP) is 3.72. The van der Waals surface area contributed by atoms with Gasteiger partial charge in [0.15, 0.2) is 6.10 Å². The third kappa shape index (κ3) is 4.02. The first kappa shape index (κ1) is 21.4. The summed E-state index contributed by atoms with van der Waals surface area (Å²) < 4.78 is 10.8. The lowest BCUT2D eigenvalue weighted by Crippen LogP contribution is -2.41. The summed E-state index contributed by atoms with van der Waals surface area (Å²) >= 11 is 0. The molecule has 0 saturated heterocycles. The molecule has 0 unspecified atom stereocenters. The molecule has 164 valence electrons. The van der Waals surface area contributed by atoms with Crippen LogP contribution in [0.15, 0.2) is 72.8 Å². The number of nitrogens with one attached hydrogen (secondary N) is 1. The van der Waals surface area contributed by atoms with Gasteiger partial charge in [0.2, 0.25) is 0 Å². The van der Waals surface area contributed by atoms with E-state index in [0.29, 0.717) is 11.3 Å². The second kappa shape index (κ2) is 9.11. The Hall–Kier alpha value is -3.84. The van der Waals surface area contributed by atoms with Gasteiger partial charge >= 0.3 is 12.1 Å². The van der Waals surface area contributed by atoms with Crippen LogP contribution in [0.3, 0.4) is 0 Å². The molecular weight excluding hydrogens is 410 g/mol. The number of carboxylic acid groups (broad SMARTS) is 1. The van der Waals surface area contributed by atoms with Crippen molar-refractivity contribution in [2.45, 2.75) is 18.1 Å². The molecule has 0 bridgehead atoms. The van der Waals surface area contributed by atoms with Crippen molar-refractivity contribution < 1.29 is 29.3 Å². The summed E-state index contributed by atoms with van der Waals surface area (Å²) in [5.74, 6) is -1.26. The predicted molar refractivity (Wildman–Crippen MR) is 118 cm³/mol. The number of carboxylic acids is 1. The molecule has 0 heterocycles. The smallest absolute Gasteiger partial charge is 0.407 e. The number of amides is 1. The van der Waals surface area contributed by atoms with Crippen molar-refractivity contribution in [1.82, 2.24) is 5.32 Å². The number of hydrogen-bond acceptors (Lipinski definition) is 5. The van der Waals surface area contributed by atoms with Crippen LogP contribution in [0.4, 0.5) is 4.79 Å². The monoisotopic (exact) mass is 433 g/mol. The normalized spacial score (nSPS) is 14.1. The maximum Gasteiger partial charge on any atom is 0.407 e. The van der Waals surface area contributed by atoms with Crippen LogP contribution in [-0.4, -0.2) is 42.1 Å². The molecule has 1 aliphatic rings. The average Bonchev–Trinajstić information content (AvgIpc) is 3.14. The van der Waals surface area contributed by atoms with Gasteiger partial charge in [-0.05, 0) is 28.3 Å². The van der Waals surface area contributed by atoms with Crippen molar-refractivity contribution in [3.63, 3.8) is 0 Å². The zero-order valence-corrected chi connectivity index (χ0v) is 17.4. The number of aliphatic hydroxyl groups is 1. The third-order valence-corrected chi connectivity index (χ3v) is 5.66. The summed E-state index contributed by atoms with van der Waals surface area (Å²) in [7, 11) is 1.43. The van der Waals surface area contributed by atoms with E-state index in [4.69, 9.17) is 9.47 Å². The van der Waals surface area contributed by atoms with E-state index in [9.17, 15) is 19.8 Å². The number of carbonyl (C=O) groups excluding carboxylic acids is 1. The quantitative estimate of drug-likeness (QED) is 0.525. The van der Waals surface area contributed by atoms with Crippen LogP contribution in [0.2, 0.25) is 0 Å². The first-order valence-electron chi connectivity index (χ1n) is 10.2. The minimum Gasteiger partial charge on any atom is -0.496 e. The molecule has 1 aliphatic carbocycles. The van der Waals surface area contributed by atoms with E-state index in [0.717, 1.165) is 22.3 Å². The number of methoxy groups -OCH3 is 1. The van der Waals surface area contributed by atoms with Gasteiger partial charge < -0.3 is 25.0 Å². The van der Waals surface area contributed by atoms with Crippen LogP contribution < -0.4 is 10.1 Å². The Morgan fingerprint density at radius 3 is 2.09 bits per heavy atom. The molecule has 0 fully saturated rings. The van der Waals surface area contributed by atoms with E-state index in [1.54, 1.807) is 24.3 Å². The number of hydrogen-bond donors (Lipinski definition) is 3. The molecule has 0 aromatic heterocycles. The Labute approximate surface area is 185 Å². The molecule has 1 amide bonds. The zero-order chi connectivity index (χ0) is 22.7. The average molecular weight is 433 g/mol. The van der Waals surface area contributed by atoms with Crippen molar-refractivity contribution in [2.75, 3.05) is 13.7 Å². The summed E-state index contributed by atoms with van der Waals surface area (Å²) in [6.45, 7) is 0.0711. The zero-order valence-electron chi connectivity index (χ0n) is 17.4. The lowest BCUT2D eigenvalue weighted by molar-refractivity contribution is -0.148. The Morgan fingerprint density at radius 2 is 1.50 bits per heavy atom. The molecular formula is C25H23NO6. The van der Waals surface area contributed by atoms with Crippen molar-refractivity contribution >= 4 is 12.1 Å². The maximum atomic E-state index is 12.7. The van der Waals surface area contributed by atoms with E-state index in [1.807, 2.05) is 48.5 Å². The second-order valence-corrected chi connectivity index (χ2v) is 7.47. The first-order valence-corrected chi connectivity index (χ1v) is 10.2. The topological polar surface area (TPSA) is 105 Å². The summed E-state index contributed by atoms with van der Waals surface area (Å²) in [4.78, 5) is 24.1. The number of fused-ring (bicyclic) bond motifs is 3. The molecule has 3 N–H and O–H groups in total. The highest BCUT2D eigenvalue weighted by Gasteiger charge is 2.33.